The Morgan fingerprint density at radius 3 is 2.83 bits per heavy atom. The average Bonchev–Trinajstić information content (AvgIpc) is 3.10. The molecule has 0 radical (unpaired) electrons. The van der Waals surface area contributed by atoms with Crippen LogP contribution in [0, 0.1) is 5.92 Å². The van der Waals surface area contributed by atoms with E-state index >= 15 is 0 Å². The van der Waals surface area contributed by atoms with Crippen LogP contribution in [0.25, 0.3) is 0 Å². The van der Waals surface area contributed by atoms with Crippen LogP contribution in [-0.2, 0) is 9.53 Å². The number of rotatable bonds is 4. The highest BCUT2D eigenvalue weighted by atomic mass is 32.1. The zero-order valence-corrected chi connectivity index (χ0v) is 15.4. The van der Waals surface area contributed by atoms with E-state index in [1.54, 1.807) is 0 Å². The van der Waals surface area contributed by atoms with Gasteiger partial charge in [-0.2, -0.15) is 0 Å². The molecule has 1 aromatic rings. The smallest absolute Gasteiger partial charge is 0.313 e. The lowest BCUT2D eigenvalue weighted by molar-refractivity contribution is -0.144. The topological polar surface area (TPSA) is 46.6 Å². The number of thiophene rings is 1. The molecule has 1 amide bonds. The van der Waals surface area contributed by atoms with Gasteiger partial charge in [0.05, 0.1) is 18.1 Å². The van der Waals surface area contributed by atoms with Gasteiger partial charge in [-0.1, -0.05) is 12.8 Å². The number of esters is 1. The van der Waals surface area contributed by atoms with Crippen LogP contribution in [0.4, 0.5) is 0 Å². The van der Waals surface area contributed by atoms with Gasteiger partial charge in [0.1, 0.15) is 0 Å². The zero-order valence-electron chi connectivity index (χ0n) is 14.6. The molecule has 3 unspecified atom stereocenters. The third-order valence-corrected chi connectivity index (χ3v) is 6.55. The second kappa shape index (κ2) is 7.68. The van der Waals surface area contributed by atoms with Crippen LogP contribution in [0.5, 0.6) is 0 Å². The highest BCUT2D eigenvalue weighted by molar-refractivity contribution is 7.10. The first-order valence-electron chi connectivity index (χ1n) is 9.17. The molecule has 2 aliphatic rings. The molecule has 4 nitrogen and oxygen atoms in total. The number of nitrogens with zero attached hydrogens (tertiary/aromatic N) is 1. The predicted octanol–water partition coefficient (Wildman–Crippen LogP) is 4.21. The van der Waals surface area contributed by atoms with E-state index < -0.39 is 0 Å². The molecule has 1 saturated heterocycles. The van der Waals surface area contributed by atoms with Gasteiger partial charge in [-0.05, 0) is 51.5 Å². The first-order chi connectivity index (χ1) is 11.6. The lowest BCUT2D eigenvalue weighted by atomic mass is 9.78. The molecule has 0 spiro atoms. The summed E-state index contributed by atoms with van der Waals surface area (Å²) < 4.78 is 5.09. The second-order valence-corrected chi connectivity index (χ2v) is 7.91. The van der Waals surface area contributed by atoms with Crippen LogP contribution in [-0.4, -0.2) is 36.0 Å². The Kier molecular flexibility index (Phi) is 5.59. The molecule has 3 atom stereocenters. The van der Waals surface area contributed by atoms with Gasteiger partial charge in [-0.3, -0.25) is 9.59 Å². The fourth-order valence-electron chi connectivity index (χ4n) is 4.12. The standard InChI is InChI=1S/C19H27NO3S/c1-3-23-19(22)13(2)17-11-15(12-24-17)18(21)20-10-6-8-14-7-4-5-9-16(14)20/h11-14,16H,3-10H2,1-2H3. The number of hydrogen-bond acceptors (Lipinski definition) is 4. The van der Waals surface area contributed by atoms with E-state index in [0.29, 0.717) is 18.6 Å². The highest BCUT2D eigenvalue weighted by Crippen LogP contribution is 2.36. The van der Waals surface area contributed by atoms with Crippen molar-refractivity contribution in [3.8, 4) is 0 Å². The van der Waals surface area contributed by atoms with Crippen molar-refractivity contribution >= 4 is 23.2 Å². The molecule has 0 N–H and O–H groups in total. The molecule has 0 aromatic carbocycles. The third kappa shape index (κ3) is 3.51. The van der Waals surface area contributed by atoms with Crippen molar-refractivity contribution in [3.05, 3.63) is 21.9 Å². The van der Waals surface area contributed by atoms with E-state index in [0.717, 1.165) is 29.8 Å². The van der Waals surface area contributed by atoms with Crippen LogP contribution >= 0.6 is 11.3 Å². The van der Waals surface area contributed by atoms with E-state index in [1.165, 1.54) is 37.0 Å². The summed E-state index contributed by atoms with van der Waals surface area (Å²) in [7, 11) is 0. The minimum absolute atomic E-state index is 0.144. The summed E-state index contributed by atoms with van der Waals surface area (Å²) in [4.78, 5) is 27.9. The van der Waals surface area contributed by atoms with Gasteiger partial charge in [0.25, 0.3) is 5.91 Å². The Hall–Kier alpha value is -1.36. The molecule has 1 aliphatic carbocycles. The summed E-state index contributed by atoms with van der Waals surface area (Å²) in [6.45, 7) is 4.91. The van der Waals surface area contributed by atoms with E-state index in [4.69, 9.17) is 4.74 Å². The Labute approximate surface area is 148 Å². The maximum atomic E-state index is 13.0. The minimum atomic E-state index is -0.305. The van der Waals surface area contributed by atoms with Crippen molar-refractivity contribution in [2.24, 2.45) is 5.92 Å². The fourth-order valence-corrected chi connectivity index (χ4v) is 5.05. The van der Waals surface area contributed by atoms with E-state index in [2.05, 4.69) is 4.90 Å². The highest BCUT2D eigenvalue weighted by Gasteiger charge is 2.36. The van der Waals surface area contributed by atoms with Crippen molar-refractivity contribution in [2.45, 2.75) is 64.3 Å². The first-order valence-corrected chi connectivity index (χ1v) is 10.1. The SMILES string of the molecule is CCOC(=O)C(C)c1cc(C(=O)N2CCCC3CCCCC32)cs1. The maximum absolute atomic E-state index is 13.0. The number of piperidine rings is 1. The predicted molar refractivity (Wildman–Crippen MR) is 95.4 cm³/mol. The largest absolute Gasteiger partial charge is 0.466 e. The number of fused-ring (bicyclic) bond motifs is 1. The molecule has 0 bridgehead atoms. The Morgan fingerprint density at radius 1 is 1.29 bits per heavy atom. The van der Waals surface area contributed by atoms with Crippen LogP contribution in [0.1, 0.15) is 73.5 Å². The minimum Gasteiger partial charge on any atom is -0.466 e. The Morgan fingerprint density at radius 2 is 2.04 bits per heavy atom. The van der Waals surface area contributed by atoms with E-state index in [9.17, 15) is 9.59 Å². The molecule has 24 heavy (non-hydrogen) atoms. The third-order valence-electron chi connectivity index (χ3n) is 5.44. The van der Waals surface area contributed by atoms with Crippen LogP contribution < -0.4 is 0 Å². The number of carbonyl (C=O) groups excluding carboxylic acids is 2. The molecular weight excluding hydrogens is 322 g/mol. The van der Waals surface area contributed by atoms with Crippen molar-refractivity contribution in [3.63, 3.8) is 0 Å². The summed E-state index contributed by atoms with van der Waals surface area (Å²) in [5, 5.41) is 1.90. The van der Waals surface area contributed by atoms with E-state index in [1.807, 2.05) is 25.3 Å². The molecule has 2 heterocycles. The van der Waals surface area contributed by atoms with Gasteiger partial charge in [0.15, 0.2) is 0 Å². The maximum Gasteiger partial charge on any atom is 0.313 e. The summed E-state index contributed by atoms with van der Waals surface area (Å²) in [5.74, 6) is 0.308. The number of carbonyl (C=O) groups is 2. The average molecular weight is 349 g/mol. The molecule has 1 saturated carbocycles. The van der Waals surface area contributed by atoms with Crippen molar-refractivity contribution in [1.82, 2.24) is 4.90 Å². The quantitative estimate of drug-likeness (QED) is 0.765. The van der Waals surface area contributed by atoms with Crippen molar-refractivity contribution in [2.75, 3.05) is 13.2 Å². The lowest BCUT2D eigenvalue weighted by Gasteiger charge is -2.44. The fraction of sp³-hybridized carbons (Fsp3) is 0.684. The summed E-state index contributed by atoms with van der Waals surface area (Å²) in [6, 6.07) is 2.31. The van der Waals surface area contributed by atoms with Gasteiger partial charge < -0.3 is 9.64 Å². The molecule has 1 aromatic heterocycles. The zero-order chi connectivity index (χ0) is 17.1. The van der Waals surface area contributed by atoms with Crippen LogP contribution in [0.2, 0.25) is 0 Å². The summed E-state index contributed by atoms with van der Waals surface area (Å²) in [6.07, 6.45) is 7.34. The normalized spacial score (nSPS) is 25.0. The second-order valence-electron chi connectivity index (χ2n) is 6.96. The molecule has 2 fully saturated rings. The number of likely N-dealkylation sites (tertiary alicyclic amines) is 1. The monoisotopic (exact) mass is 349 g/mol. The van der Waals surface area contributed by atoms with Crippen LogP contribution in [0.3, 0.4) is 0 Å². The van der Waals surface area contributed by atoms with Crippen molar-refractivity contribution < 1.29 is 14.3 Å². The lowest BCUT2D eigenvalue weighted by Crippen LogP contribution is -2.49. The van der Waals surface area contributed by atoms with E-state index in [-0.39, 0.29) is 17.8 Å². The van der Waals surface area contributed by atoms with Gasteiger partial charge in [0.2, 0.25) is 0 Å². The molecule has 3 rings (SSSR count). The Balaban J connectivity index is 1.72. The number of ether oxygens (including phenoxy) is 1. The summed E-state index contributed by atoms with van der Waals surface area (Å²) in [5.41, 5.74) is 0.734. The first kappa shape index (κ1) is 17.5. The molecule has 132 valence electrons. The van der Waals surface area contributed by atoms with Gasteiger partial charge in [0, 0.05) is 22.8 Å². The number of hydrogen-bond donors (Lipinski definition) is 0. The Bertz CT molecular complexity index is 595. The molecule has 5 heteroatoms. The van der Waals surface area contributed by atoms with Gasteiger partial charge in [-0.15, -0.1) is 11.3 Å². The molecular formula is C19H27NO3S. The number of amides is 1. The molecule has 1 aliphatic heterocycles. The van der Waals surface area contributed by atoms with Gasteiger partial charge in [-0.25, -0.2) is 0 Å². The van der Waals surface area contributed by atoms with Crippen molar-refractivity contribution in [1.29, 1.82) is 0 Å². The van der Waals surface area contributed by atoms with Crippen LogP contribution in [0.15, 0.2) is 11.4 Å². The summed E-state index contributed by atoms with van der Waals surface area (Å²) >= 11 is 1.49. The van der Waals surface area contributed by atoms with Gasteiger partial charge >= 0.3 is 5.97 Å².